The molecule has 0 radical (unpaired) electrons. The number of likely N-dealkylation sites (tertiary alicyclic amines) is 1. The van der Waals surface area contributed by atoms with Crippen molar-refractivity contribution in [3.63, 3.8) is 0 Å². The number of nitrogens with one attached hydrogen (secondary N) is 1. The molecule has 1 saturated carbocycles. The van der Waals surface area contributed by atoms with Crippen LogP contribution in [-0.4, -0.2) is 36.6 Å². The van der Waals surface area contributed by atoms with Gasteiger partial charge in [-0.1, -0.05) is 12.8 Å². The van der Waals surface area contributed by atoms with Gasteiger partial charge in [0, 0.05) is 18.6 Å². The first-order valence-electron chi connectivity index (χ1n) is 8.32. The highest BCUT2D eigenvalue weighted by Gasteiger charge is 2.33. The molecule has 2 nitrogen and oxygen atoms in total. The zero-order chi connectivity index (χ0) is 12.4. The predicted octanol–water partition coefficient (Wildman–Crippen LogP) is 3.03. The molecule has 0 spiro atoms. The summed E-state index contributed by atoms with van der Waals surface area (Å²) in [4.78, 5) is 2.82. The van der Waals surface area contributed by atoms with Gasteiger partial charge in [-0.3, -0.25) is 0 Å². The van der Waals surface area contributed by atoms with Gasteiger partial charge in [-0.2, -0.15) is 0 Å². The second-order valence-electron chi connectivity index (χ2n) is 6.89. The lowest BCUT2D eigenvalue weighted by molar-refractivity contribution is 0.0856. The molecule has 3 rings (SSSR count). The van der Waals surface area contributed by atoms with Crippen LogP contribution in [0.1, 0.15) is 58.3 Å². The molecular formula is C16H30N2. The highest BCUT2D eigenvalue weighted by molar-refractivity contribution is 4.89. The van der Waals surface area contributed by atoms with Gasteiger partial charge in [0.25, 0.3) is 0 Å². The molecule has 0 amide bonds. The van der Waals surface area contributed by atoms with Crippen molar-refractivity contribution in [1.29, 1.82) is 0 Å². The van der Waals surface area contributed by atoms with Crippen molar-refractivity contribution in [2.75, 3.05) is 19.6 Å². The number of rotatable bonds is 3. The molecule has 104 valence electrons. The lowest BCUT2D eigenvalue weighted by atomic mass is 9.87. The van der Waals surface area contributed by atoms with E-state index in [0.717, 1.165) is 23.9 Å². The fraction of sp³-hybridized carbons (Fsp3) is 1.00. The minimum atomic E-state index is 0.837. The Morgan fingerprint density at radius 2 is 1.83 bits per heavy atom. The van der Waals surface area contributed by atoms with Gasteiger partial charge in [0.1, 0.15) is 0 Å². The van der Waals surface area contributed by atoms with E-state index in [9.17, 15) is 0 Å². The Morgan fingerprint density at radius 3 is 2.56 bits per heavy atom. The Balaban J connectivity index is 1.55. The van der Waals surface area contributed by atoms with Crippen molar-refractivity contribution >= 4 is 0 Å². The Kier molecular flexibility index (Phi) is 4.25. The van der Waals surface area contributed by atoms with Crippen molar-refractivity contribution in [3.8, 4) is 0 Å². The molecule has 1 aliphatic carbocycles. The minimum Gasteiger partial charge on any atom is -0.314 e. The molecule has 1 N–H and O–H groups in total. The van der Waals surface area contributed by atoms with Gasteiger partial charge < -0.3 is 10.2 Å². The molecule has 0 aromatic heterocycles. The van der Waals surface area contributed by atoms with Gasteiger partial charge in [0.15, 0.2) is 0 Å². The summed E-state index contributed by atoms with van der Waals surface area (Å²) in [6, 6.07) is 1.68. The standard InChI is InChI=1S/C16H30N2/c1-13(14-6-2-3-7-14)18-11-5-8-15(12-18)16-9-4-10-17-16/h13-17H,2-12H2,1H3. The molecule has 3 atom stereocenters. The van der Waals surface area contributed by atoms with Gasteiger partial charge in [0.2, 0.25) is 0 Å². The molecule has 18 heavy (non-hydrogen) atoms. The summed E-state index contributed by atoms with van der Waals surface area (Å²) in [6.07, 6.45) is 11.7. The molecule has 0 bridgehead atoms. The molecular weight excluding hydrogens is 220 g/mol. The molecule has 2 heteroatoms. The maximum absolute atomic E-state index is 3.73. The van der Waals surface area contributed by atoms with E-state index in [-0.39, 0.29) is 0 Å². The van der Waals surface area contributed by atoms with Crippen LogP contribution in [0.4, 0.5) is 0 Å². The van der Waals surface area contributed by atoms with Crippen LogP contribution < -0.4 is 5.32 Å². The normalized spacial score (nSPS) is 37.2. The topological polar surface area (TPSA) is 15.3 Å². The third kappa shape index (κ3) is 2.75. The Bertz CT molecular complexity index is 240. The maximum Gasteiger partial charge on any atom is 0.0108 e. The highest BCUT2D eigenvalue weighted by Crippen LogP contribution is 2.33. The summed E-state index contributed by atoms with van der Waals surface area (Å²) in [5.41, 5.74) is 0. The SMILES string of the molecule is CC(C1CCCC1)N1CCCC(C2CCCN2)C1. The molecule has 3 aliphatic rings. The maximum atomic E-state index is 3.73. The quantitative estimate of drug-likeness (QED) is 0.828. The third-order valence-corrected chi connectivity index (χ3v) is 5.81. The Labute approximate surface area is 113 Å². The lowest BCUT2D eigenvalue weighted by Gasteiger charge is -2.41. The molecule has 3 fully saturated rings. The molecule has 0 aromatic carbocycles. The average Bonchev–Trinajstić information content (AvgIpc) is 3.11. The van der Waals surface area contributed by atoms with Gasteiger partial charge >= 0.3 is 0 Å². The van der Waals surface area contributed by atoms with Crippen molar-refractivity contribution in [1.82, 2.24) is 10.2 Å². The first-order valence-corrected chi connectivity index (χ1v) is 8.32. The smallest absolute Gasteiger partial charge is 0.0108 e. The fourth-order valence-corrected chi connectivity index (χ4v) is 4.59. The van der Waals surface area contributed by atoms with Crippen molar-refractivity contribution in [2.24, 2.45) is 11.8 Å². The van der Waals surface area contributed by atoms with Crippen LogP contribution in [0.3, 0.4) is 0 Å². The molecule has 0 aromatic rings. The van der Waals surface area contributed by atoms with Crippen LogP contribution in [0.5, 0.6) is 0 Å². The molecule has 2 heterocycles. The van der Waals surface area contributed by atoms with Crippen LogP contribution in [0.15, 0.2) is 0 Å². The van der Waals surface area contributed by atoms with E-state index in [1.54, 1.807) is 0 Å². The molecule has 2 saturated heterocycles. The van der Waals surface area contributed by atoms with Gasteiger partial charge in [-0.05, 0) is 70.4 Å². The van der Waals surface area contributed by atoms with E-state index in [4.69, 9.17) is 0 Å². The van der Waals surface area contributed by atoms with Gasteiger partial charge in [-0.25, -0.2) is 0 Å². The summed E-state index contributed by atoms with van der Waals surface area (Å²) in [6.45, 7) is 6.50. The van der Waals surface area contributed by atoms with E-state index in [1.165, 1.54) is 71.0 Å². The van der Waals surface area contributed by atoms with Crippen LogP contribution in [-0.2, 0) is 0 Å². The zero-order valence-corrected chi connectivity index (χ0v) is 12.0. The lowest BCUT2D eigenvalue weighted by Crippen LogP contribution is -2.48. The first kappa shape index (κ1) is 12.9. The summed E-state index contributed by atoms with van der Waals surface area (Å²) in [5, 5.41) is 3.73. The van der Waals surface area contributed by atoms with E-state index < -0.39 is 0 Å². The van der Waals surface area contributed by atoms with Gasteiger partial charge in [0.05, 0.1) is 0 Å². The van der Waals surface area contributed by atoms with E-state index in [1.807, 2.05) is 0 Å². The second-order valence-corrected chi connectivity index (χ2v) is 6.89. The Morgan fingerprint density at radius 1 is 1.00 bits per heavy atom. The van der Waals surface area contributed by atoms with Crippen molar-refractivity contribution in [2.45, 2.75) is 70.4 Å². The number of nitrogens with zero attached hydrogens (tertiary/aromatic N) is 1. The van der Waals surface area contributed by atoms with Crippen molar-refractivity contribution < 1.29 is 0 Å². The molecule has 3 unspecified atom stereocenters. The number of hydrogen-bond donors (Lipinski definition) is 1. The van der Waals surface area contributed by atoms with E-state index in [0.29, 0.717) is 0 Å². The van der Waals surface area contributed by atoms with E-state index >= 15 is 0 Å². The van der Waals surface area contributed by atoms with Crippen LogP contribution >= 0.6 is 0 Å². The summed E-state index contributed by atoms with van der Waals surface area (Å²) in [5.74, 6) is 1.94. The fourth-order valence-electron chi connectivity index (χ4n) is 4.59. The second kappa shape index (κ2) is 5.92. The summed E-state index contributed by atoms with van der Waals surface area (Å²) in [7, 11) is 0. The first-order chi connectivity index (χ1) is 8.84. The third-order valence-electron chi connectivity index (χ3n) is 5.81. The van der Waals surface area contributed by atoms with Crippen LogP contribution in [0.25, 0.3) is 0 Å². The predicted molar refractivity (Wildman–Crippen MR) is 76.7 cm³/mol. The number of piperidine rings is 1. The monoisotopic (exact) mass is 250 g/mol. The average molecular weight is 250 g/mol. The number of hydrogen-bond acceptors (Lipinski definition) is 2. The van der Waals surface area contributed by atoms with Crippen LogP contribution in [0, 0.1) is 11.8 Å². The molecule has 2 aliphatic heterocycles. The summed E-state index contributed by atoms with van der Waals surface area (Å²) < 4.78 is 0. The van der Waals surface area contributed by atoms with E-state index in [2.05, 4.69) is 17.1 Å². The van der Waals surface area contributed by atoms with Gasteiger partial charge in [-0.15, -0.1) is 0 Å². The highest BCUT2D eigenvalue weighted by atomic mass is 15.2. The zero-order valence-electron chi connectivity index (χ0n) is 12.0. The van der Waals surface area contributed by atoms with Crippen molar-refractivity contribution in [3.05, 3.63) is 0 Å². The largest absolute Gasteiger partial charge is 0.314 e. The minimum absolute atomic E-state index is 0.837. The Hall–Kier alpha value is -0.0800. The summed E-state index contributed by atoms with van der Waals surface area (Å²) >= 11 is 0. The van der Waals surface area contributed by atoms with Crippen LogP contribution in [0.2, 0.25) is 0 Å².